The molecule has 0 fully saturated rings. The summed E-state index contributed by atoms with van der Waals surface area (Å²) in [5, 5.41) is 14.0. The van der Waals surface area contributed by atoms with Crippen molar-refractivity contribution in [3.63, 3.8) is 0 Å². The fourth-order valence-corrected chi connectivity index (χ4v) is 2.06. The van der Waals surface area contributed by atoms with Crippen molar-refractivity contribution in [1.82, 2.24) is 10.6 Å². The van der Waals surface area contributed by atoms with Gasteiger partial charge in [0.25, 0.3) is 0 Å². The van der Waals surface area contributed by atoms with Crippen LogP contribution in [0.5, 0.6) is 0 Å². The number of nitrogens with one attached hydrogen (secondary N) is 2. The average Bonchev–Trinajstić information content (AvgIpc) is 2.28. The van der Waals surface area contributed by atoms with Gasteiger partial charge in [-0.25, -0.2) is 9.59 Å². The minimum atomic E-state index is -1.26. The summed E-state index contributed by atoms with van der Waals surface area (Å²) in [6, 6.07) is -0.540. The second kappa shape index (κ2) is 8.07. The van der Waals surface area contributed by atoms with Crippen molar-refractivity contribution in [3.05, 3.63) is 0 Å². The van der Waals surface area contributed by atoms with Crippen LogP contribution in [-0.4, -0.2) is 44.9 Å². The standard InChI is InChI=1S/C11H22N2O4S/c1-4-6-11(3,9(14)15)13-10(16)12-7-8-18(17)5-2/h4-8H2,1-3H3,(H,14,15)(H2,12,13,16). The quantitative estimate of drug-likeness (QED) is 0.609. The average molecular weight is 278 g/mol. The second-order valence-electron chi connectivity index (χ2n) is 4.20. The van der Waals surface area contributed by atoms with Crippen LogP contribution in [0, 0.1) is 0 Å². The first-order valence-corrected chi connectivity index (χ1v) is 7.49. The predicted octanol–water partition coefficient (Wildman–Crippen LogP) is 0.698. The molecule has 0 saturated heterocycles. The zero-order chi connectivity index (χ0) is 14.2. The summed E-state index contributed by atoms with van der Waals surface area (Å²) in [7, 11) is -0.938. The lowest BCUT2D eigenvalue weighted by Gasteiger charge is -2.25. The van der Waals surface area contributed by atoms with E-state index in [1.807, 2.05) is 6.92 Å². The third kappa shape index (κ3) is 6.00. The highest BCUT2D eigenvalue weighted by Crippen LogP contribution is 2.12. The molecule has 0 aliphatic heterocycles. The summed E-state index contributed by atoms with van der Waals surface area (Å²) in [5.41, 5.74) is -1.26. The Hall–Kier alpha value is -1.11. The van der Waals surface area contributed by atoms with Gasteiger partial charge >= 0.3 is 12.0 Å². The van der Waals surface area contributed by atoms with Crippen LogP contribution in [0.25, 0.3) is 0 Å². The first-order valence-electron chi connectivity index (χ1n) is 6.00. The van der Waals surface area contributed by atoms with Crippen LogP contribution < -0.4 is 10.6 Å². The largest absolute Gasteiger partial charge is 0.480 e. The van der Waals surface area contributed by atoms with E-state index < -0.39 is 28.3 Å². The zero-order valence-corrected chi connectivity index (χ0v) is 11.9. The smallest absolute Gasteiger partial charge is 0.329 e. The molecule has 0 aromatic heterocycles. The summed E-state index contributed by atoms with van der Waals surface area (Å²) < 4.78 is 11.1. The highest BCUT2D eigenvalue weighted by atomic mass is 32.2. The maximum atomic E-state index is 11.5. The molecule has 106 valence electrons. The predicted molar refractivity (Wildman–Crippen MR) is 71.0 cm³/mol. The van der Waals surface area contributed by atoms with Crippen molar-refractivity contribution in [1.29, 1.82) is 0 Å². The lowest BCUT2D eigenvalue weighted by atomic mass is 9.97. The summed E-state index contributed by atoms with van der Waals surface area (Å²) in [6.45, 7) is 5.40. The Morgan fingerprint density at radius 1 is 1.33 bits per heavy atom. The van der Waals surface area contributed by atoms with Gasteiger partial charge in [0.05, 0.1) is 0 Å². The molecule has 0 aromatic carbocycles. The Morgan fingerprint density at radius 3 is 2.39 bits per heavy atom. The third-order valence-corrected chi connectivity index (χ3v) is 3.85. The molecule has 3 N–H and O–H groups in total. The lowest BCUT2D eigenvalue weighted by molar-refractivity contribution is -0.144. The van der Waals surface area contributed by atoms with E-state index in [-0.39, 0.29) is 6.54 Å². The molecule has 18 heavy (non-hydrogen) atoms. The third-order valence-electron chi connectivity index (χ3n) is 2.55. The molecule has 0 spiro atoms. The van der Waals surface area contributed by atoms with Gasteiger partial charge in [-0.3, -0.25) is 4.21 Å². The lowest BCUT2D eigenvalue weighted by Crippen LogP contribution is -2.55. The molecule has 0 heterocycles. The van der Waals surface area contributed by atoms with Gasteiger partial charge < -0.3 is 15.7 Å². The van der Waals surface area contributed by atoms with Gasteiger partial charge in [-0.05, 0) is 13.3 Å². The number of amides is 2. The van der Waals surface area contributed by atoms with Crippen LogP contribution in [-0.2, 0) is 15.6 Å². The van der Waals surface area contributed by atoms with Crippen molar-refractivity contribution in [2.75, 3.05) is 18.1 Å². The monoisotopic (exact) mass is 278 g/mol. The fraction of sp³-hybridized carbons (Fsp3) is 0.818. The molecule has 0 aromatic rings. The van der Waals surface area contributed by atoms with E-state index in [4.69, 9.17) is 5.11 Å². The molecule has 2 unspecified atom stereocenters. The van der Waals surface area contributed by atoms with Gasteiger partial charge in [0.1, 0.15) is 5.54 Å². The van der Waals surface area contributed by atoms with Crippen LogP contribution in [0.2, 0.25) is 0 Å². The maximum Gasteiger partial charge on any atom is 0.329 e. The fourth-order valence-electron chi connectivity index (χ4n) is 1.44. The maximum absolute atomic E-state index is 11.5. The molecule has 0 saturated carbocycles. The SMILES string of the molecule is CCCC(C)(NC(=O)NCCS(=O)CC)C(=O)O. The molecule has 0 rings (SSSR count). The van der Waals surface area contributed by atoms with Gasteiger partial charge in [0, 0.05) is 28.9 Å². The summed E-state index contributed by atoms with van der Waals surface area (Å²) in [6.07, 6.45) is 1.01. The Bertz CT molecular complexity index is 322. The van der Waals surface area contributed by atoms with Crippen LogP contribution in [0.3, 0.4) is 0 Å². The highest BCUT2D eigenvalue weighted by molar-refractivity contribution is 7.84. The molecule has 2 atom stereocenters. The zero-order valence-electron chi connectivity index (χ0n) is 11.1. The van der Waals surface area contributed by atoms with Crippen LogP contribution in [0.15, 0.2) is 0 Å². The second-order valence-corrected chi connectivity index (χ2v) is 6.07. The molecule has 0 bridgehead atoms. The van der Waals surface area contributed by atoms with Crippen LogP contribution >= 0.6 is 0 Å². The van der Waals surface area contributed by atoms with Crippen molar-refractivity contribution < 1.29 is 18.9 Å². The summed E-state index contributed by atoms with van der Waals surface area (Å²) in [4.78, 5) is 22.6. The summed E-state index contributed by atoms with van der Waals surface area (Å²) in [5.74, 6) is -0.135. The van der Waals surface area contributed by atoms with Crippen LogP contribution in [0.4, 0.5) is 4.79 Å². The van der Waals surface area contributed by atoms with Crippen molar-refractivity contribution in [3.8, 4) is 0 Å². The number of rotatable bonds is 8. The van der Waals surface area contributed by atoms with Crippen LogP contribution in [0.1, 0.15) is 33.6 Å². The van der Waals surface area contributed by atoms with E-state index in [0.29, 0.717) is 24.3 Å². The number of aliphatic carboxylic acids is 1. The Morgan fingerprint density at radius 2 is 1.94 bits per heavy atom. The summed E-state index contributed by atoms with van der Waals surface area (Å²) >= 11 is 0. The molecule has 2 amide bonds. The molecular formula is C11H22N2O4S. The van der Waals surface area contributed by atoms with Crippen molar-refractivity contribution in [2.45, 2.75) is 39.2 Å². The van der Waals surface area contributed by atoms with Crippen molar-refractivity contribution in [2.24, 2.45) is 0 Å². The van der Waals surface area contributed by atoms with E-state index in [0.717, 1.165) is 0 Å². The minimum Gasteiger partial charge on any atom is -0.480 e. The highest BCUT2D eigenvalue weighted by Gasteiger charge is 2.33. The van der Waals surface area contributed by atoms with Crippen molar-refractivity contribution >= 4 is 22.8 Å². The number of hydrogen-bond donors (Lipinski definition) is 3. The topological polar surface area (TPSA) is 95.5 Å². The minimum absolute atomic E-state index is 0.272. The number of carboxylic acid groups (broad SMARTS) is 1. The molecule has 0 radical (unpaired) electrons. The van der Waals surface area contributed by atoms with E-state index in [1.165, 1.54) is 6.92 Å². The van der Waals surface area contributed by atoms with Gasteiger partial charge in [0.2, 0.25) is 0 Å². The molecule has 0 aliphatic rings. The number of carbonyl (C=O) groups excluding carboxylic acids is 1. The Balaban J connectivity index is 4.19. The van der Waals surface area contributed by atoms with E-state index in [2.05, 4.69) is 10.6 Å². The number of carboxylic acids is 1. The van der Waals surface area contributed by atoms with Gasteiger partial charge in [0.15, 0.2) is 0 Å². The first-order chi connectivity index (χ1) is 8.35. The molecule has 0 aliphatic carbocycles. The normalized spacial score (nSPS) is 15.5. The Labute approximate surface area is 110 Å². The van der Waals surface area contributed by atoms with E-state index >= 15 is 0 Å². The van der Waals surface area contributed by atoms with Gasteiger partial charge in [-0.2, -0.15) is 0 Å². The molecule has 7 heteroatoms. The van der Waals surface area contributed by atoms with Gasteiger partial charge in [-0.1, -0.05) is 20.3 Å². The number of urea groups is 1. The number of hydrogen-bond acceptors (Lipinski definition) is 3. The molecule has 6 nitrogen and oxygen atoms in total. The number of carbonyl (C=O) groups is 2. The Kier molecular flexibility index (Phi) is 7.58. The van der Waals surface area contributed by atoms with E-state index in [1.54, 1.807) is 6.92 Å². The van der Waals surface area contributed by atoms with E-state index in [9.17, 15) is 13.8 Å². The van der Waals surface area contributed by atoms with Gasteiger partial charge in [-0.15, -0.1) is 0 Å². The first kappa shape index (κ1) is 16.9. The molecular weight excluding hydrogens is 256 g/mol.